The number of piperidine rings is 1. The van der Waals surface area contributed by atoms with Crippen LogP contribution >= 0.6 is 0 Å². The number of hydrogen-bond acceptors (Lipinski definition) is 5. The fourth-order valence-corrected chi connectivity index (χ4v) is 4.92. The van der Waals surface area contributed by atoms with Crippen molar-refractivity contribution in [1.82, 2.24) is 14.3 Å². The molecule has 1 aliphatic rings. The summed E-state index contributed by atoms with van der Waals surface area (Å²) < 4.78 is 26.0. The van der Waals surface area contributed by atoms with Crippen molar-refractivity contribution in [2.24, 2.45) is 5.92 Å². The molecular weight excluding hydrogens is 368 g/mol. The van der Waals surface area contributed by atoms with E-state index in [0.29, 0.717) is 48.9 Å². The third-order valence-electron chi connectivity index (χ3n) is 4.88. The van der Waals surface area contributed by atoms with Gasteiger partial charge in [0.05, 0.1) is 23.0 Å². The minimum atomic E-state index is -3.23. The van der Waals surface area contributed by atoms with Crippen LogP contribution in [0.5, 0.6) is 0 Å². The molecular formula is C18H24N4O4S. The second kappa shape index (κ2) is 8.18. The number of amides is 1. The molecule has 0 spiro atoms. The lowest BCUT2D eigenvalue weighted by Gasteiger charge is -2.30. The number of carbonyl (C=O) groups excluding carboxylic acids is 1. The molecule has 2 heterocycles. The number of benzene rings is 1. The van der Waals surface area contributed by atoms with Gasteiger partial charge in [-0.1, -0.05) is 13.3 Å². The van der Waals surface area contributed by atoms with Gasteiger partial charge in [-0.2, -0.15) is 0 Å². The molecule has 1 amide bonds. The number of sulfonamides is 1. The maximum atomic E-state index is 12.5. The lowest BCUT2D eigenvalue weighted by Crippen LogP contribution is -2.42. The molecule has 1 fully saturated rings. The van der Waals surface area contributed by atoms with Gasteiger partial charge in [0.25, 0.3) is 5.56 Å². The predicted octanol–water partition coefficient (Wildman–Crippen LogP) is 1.70. The smallest absolute Gasteiger partial charge is 0.258 e. The third-order valence-corrected chi connectivity index (χ3v) is 6.84. The van der Waals surface area contributed by atoms with Crippen molar-refractivity contribution < 1.29 is 13.2 Å². The second-order valence-corrected chi connectivity index (χ2v) is 8.88. The van der Waals surface area contributed by atoms with E-state index in [1.807, 2.05) is 6.92 Å². The summed E-state index contributed by atoms with van der Waals surface area (Å²) in [6, 6.07) is 4.99. The maximum Gasteiger partial charge on any atom is 0.258 e. The topological polar surface area (TPSA) is 112 Å². The second-order valence-electron chi connectivity index (χ2n) is 6.80. The Hall–Kier alpha value is -2.26. The van der Waals surface area contributed by atoms with Crippen molar-refractivity contribution in [3.8, 4) is 0 Å². The normalized spacial score (nSPS) is 16.5. The van der Waals surface area contributed by atoms with Gasteiger partial charge >= 0.3 is 0 Å². The number of hydrogen-bond donors (Lipinski definition) is 2. The molecule has 1 aromatic carbocycles. The first-order chi connectivity index (χ1) is 12.9. The molecule has 146 valence electrons. The van der Waals surface area contributed by atoms with Gasteiger partial charge in [-0.15, -0.1) is 0 Å². The number of anilines is 1. The van der Waals surface area contributed by atoms with Crippen LogP contribution in [0, 0.1) is 5.92 Å². The number of carbonyl (C=O) groups is 1. The first kappa shape index (κ1) is 19.5. The maximum absolute atomic E-state index is 12.5. The molecule has 1 aromatic heterocycles. The van der Waals surface area contributed by atoms with Crippen LogP contribution < -0.4 is 10.9 Å². The van der Waals surface area contributed by atoms with E-state index in [4.69, 9.17) is 0 Å². The summed E-state index contributed by atoms with van der Waals surface area (Å²) in [7, 11) is -3.23. The van der Waals surface area contributed by atoms with Crippen molar-refractivity contribution in [2.45, 2.75) is 32.6 Å². The standard InChI is InChI=1S/C18H24N4O4S/c1-2-3-10-27(25,26)22-8-6-13(7-9-22)17(23)21-14-4-5-16-15(11-14)18(24)20-12-19-16/h4-5,11-13H,2-3,6-10H2,1H3,(H,21,23)(H,19,20,24). The summed E-state index contributed by atoms with van der Waals surface area (Å²) >= 11 is 0. The van der Waals surface area contributed by atoms with Gasteiger partial charge in [0.1, 0.15) is 0 Å². The van der Waals surface area contributed by atoms with Gasteiger partial charge in [-0.05, 0) is 37.5 Å². The van der Waals surface area contributed by atoms with E-state index in [9.17, 15) is 18.0 Å². The zero-order valence-electron chi connectivity index (χ0n) is 15.3. The summed E-state index contributed by atoms with van der Waals surface area (Å²) in [4.78, 5) is 31.0. The molecule has 0 atom stereocenters. The molecule has 27 heavy (non-hydrogen) atoms. The average Bonchev–Trinajstić information content (AvgIpc) is 2.67. The van der Waals surface area contributed by atoms with Gasteiger partial charge in [0.2, 0.25) is 15.9 Å². The molecule has 2 aromatic rings. The Balaban J connectivity index is 1.62. The molecule has 1 saturated heterocycles. The highest BCUT2D eigenvalue weighted by Crippen LogP contribution is 2.23. The van der Waals surface area contributed by atoms with E-state index < -0.39 is 10.0 Å². The molecule has 1 aliphatic heterocycles. The Morgan fingerprint density at radius 1 is 1.33 bits per heavy atom. The van der Waals surface area contributed by atoms with E-state index in [-0.39, 0.29) is 23.1 Å². The van der Waals surface area contributed by atoms with Crippen molar-refractivity contribution in [3.05, 3.63) is 34.9 Å². The van der Waals surface area contributed by atoms with Crippen LogP contribution in [0.15, 0.2) is 29.3 Å². The van der Waals surface area contributed by atoms with Crippen LogP contribution in [-0.2, 0) is 14.8 Å². The van der Waals surface area contributed by atoms with Crippen LogP contribution in [-0.4, -0.2) is 47.4 Å². The summed E-state index contributed by atoms with van der Waals surface area (Å²) in [5, 5.41) is 3.24. The Morgan fingerprint density at radius 2 is 2.07 bits per heavy atom. The van der Waals surface area contributed by atoms with Gasteiger partial charge in [0.15, 0.2) is 0 Å². The minimum Gasteiger partial charge on any atom is -0.326 e. The Morgan fingerprint density at radius 3 is 2.78 bits per heavy atom. The van der Waals surface area contributed by atoms with Crippen LogP contribution in [0.25, 0.3) is 10.9 Å². The highest BCUT2D eigenvalue weighted by molar-refractivity contribution is 7.89. The highest BCUT2D eigenvalue weighted by Gasteiger charge is 2.30. The number of nitrogens with zero attached hydrogens (tertiary/aromatic N) is 2. The predicted molar refractivity (Wildman–Crippen MR) is 104 cm³/mol. The Kier molecular flexibility index (Phi) is 5.91. The average molecular weight is 392 g/mol. The first-order valence-corrected chi connectivity index (χ1v) is 10.8. The lowest BCUT2D eigenvalue weighted by molar-refractivity contribution is -0.120. The van der Waals surface area contributed by atoms with E-state index in [1.54, 1.807) is 18.2 Å². The SMILES string of the molecule is CCCCS(=O)(=O)N1CCC(C(=O)Nc2ccc3nc[nH]c(=O)c3c2)CC1. The van der Waals surface area contributed by atoms with E-state index in [2.05, 4.69) is 15.3 Å². The molecule has 2 N–H and O–H groups in total. The first-order valence-electron chi connectivity index (χ1n) is 9.17. The Labute approximate surface area is 158 Å². The van der Waals surface area contributed by atoms with Gasteiger partial charge in [-0.25, -0.2) is 17.7 Å². The van der Waals surface area contributed by atoms with Crippen LogP contribution in [0.3, 0.4) is 0 Å². The fraction of sp³-hybridized carbons (Fsp3) is 0.500. The van der Waals surface area contributed by atoms with Gasteiger partial charge in [0, 0.05) is 24.7 Å². The van der Waals surface area contributed by atoms with Crippen molar-refractivity contribution in [1.29, 1.82) is 0 Å². The summed E-state index contributed by atoms with van der Waals surface area (Å²) in [6.07, 6.45) is 3.81. The molecule has 0 radical (unpaired) electrons. The zero-order valence-corrected chi connectivity index (χ0v) is 16.1. The lowest BCUT2D eigenvalue weighted by atomic mass is 9.97. The molecule has 9 heteroatoms. The summed E-state index contributed by atoms with van der Waals surface area (Å²) in [6.45, 7) is 2.69. The number of fused-ring (bicyclic) bond motifs is 1. The number of H-pyrrole nitrogens is 1. The van der Waals surface area contributed by atoms with Crippen molar-refractivity contribution in [3.63, 3.8) is 0 Å². The quantitative estimate of drug-likeness (QED) is 0.777. The van der Waals surface area contributed by atoms with E-state index in [0.717, 1.165) is 6.42 Å². The number of unbranched alkanes of at least 4 members (excludes halogenated alkanes) is 1. The fourth-order valence-electron chi connectivity index (χ4n) is 3.24. The largest absolute Gasteiger partial charge is 0.326 e. The summed E-state index contributed by atoms with van der Waals surface area (Å²) in [5.74, 6) is -0.231. The highest BCUT2D eigenvalue weighted by atomic mass is 32.2. The number of aromatic amines is 1. The molecule has 3 rings (SSSR count). The van der Waals surface area contributed by atoms with Crippen LogP contribution in [0.1, 0.15) is 32.6 Å². The number of nitrogens with one attached hydrogen (secondary N) is 2. The number of rotatable bonds is 6. The summed E-state index contributed by atoms with van der Waals surface area (Å²) in [5.41, 5.74) is 0.827. The van der Waals surface area contributed by atoms with E-state index >= 15 is 0 Å². The molecule has 0 saturated carbocycles. The minimum absolute atomic E-state index is 0.153. The van der Waals surface area contributed by atoms with Gasteiger partial charge in [-0.3, -0.25) is 9.59 Å². The molecule has 0 bridgehead atoms. The number of aromatic nitrogens is 2. The van der Waals surface area contributed by atoms with E-state index in [1.165, 1.54) is 10.6 Å². The zero-order chi connectivity index (χ0) is 19.4. The molecule has 8 nitrogen and oxygen atoms in total. The van der Waals surface area contributed by atoms with Crippen LogP contribution in [0.2, 0.25) is 0 Å². The van der Waals surface area contributed by atoms with Crippen molar-refractivity contribution >= 4 is 32.5 Å². The Bertz CT molecular complexity index is 978. The van der Waals surface area contributed by atoms with Crippen LogP contribution in [0.4, 0.5) is 5.69 Å². The van der Waals surface area contributed by atoms with Gasteiger partial charge < -0.3 is 10.3 Å². The third kappa shape index (κ3) is 4.54. The monoisotopic (exact) mass is 392 g/mol. The molecule has 0 unspecified atom stereocenters. The van der Waals surface area contributed by atoms with Crippen molar-refractivity contribution in [2.75, 3.05) is 24.2 Å². The molecule has 0 aliphatic carbocycles.